The molecule has 0 radical (unpaired) electrons. The van der Waals surface area contributed by atoms with Crippen LogP contribution in [0.3, 0.4) is 0 Å². The first kappa shape index (κ1) is 21.9. The second-order valence-corrected chi connectivity index (χ2v) is 8.57. The summed E-state index contributed by atoms with van der Waals surface area (Å²) in [5.41, 5.74) is 0.114. The fraction of sp³-hybridized carbons (Fsp3) is 0.591. The number of rotatable bonds is 4. The van der Waals surface area contributed by atoms with Crippen LogP contribution in [0, 0.1) is 5.41 Å². The normalized spacial score (nSPS) is 21.9. The van der Waals surface area contributed by atoms with E-state index in [4.69, 9.17) is 4.74 Å². The molecule has 164 valence electrons. The van der Waals surface area contributed by atoms with Gasteiger partial charge < -0.3 is 24.8 Å². The Kier molecular flexibility index (Phi) is 6.53. The third-order valence-electron chi connectivity index (χ3n) is 5.80. The van der Waals surface area contributed by atoms with Gasteiger partial charge in [0.05, 0.1) is 7.11 Å². The van der Waals surface area contributed by atoms with E-state index in [2.05, 4.69) is 5.32 Å². The number of urea groups is 1. The number of hydrogen-bond donors (Lipinski definition) is 1. The Morgan fingerprint density at radius 1 is 1.10 bits per heavy atom. The van der Waals surface area contributed by atoms with E-state index in [1.54, 1.807) is 41.2 Å². The minimum Gasteiger partial charge on any atom is -0.497 e. The van der Waals surface area contributed by atoms with Crippen LogP contribution in [0.2, 0.25) is 0 Å². The predicted molar refractivity (Wildman–Crippen MR) is 113 cm³/mol. The van der Waals surface area contributed by atoms with Crippen molar-refractivity contribution < 1.29 is 19.1 Å². The van der Waals surface area contributed by atoms with Crippen LogP contribution in [-0.4, -0.2) is 85.0 Å². The maximum atomic E-state index is 13.2. The van der Waals surface area contributed by atoms with E-state index in [0.29, 0.717) is 57.0 Å². The van der Waals surface area contributed by atoms with Gasteiger partial charge in [0, 0.05) is 62.7 Å². The summed E-state index contributed by atoms with van der Waals surface area (Å²) in [5.74, 6) is 0.682. The van der Waals surface area contributed by atoms with Crippen LogP contribution < -0.4 is 10.1 Å². The predicted octanol–water partition coefficient (Wildman–Crippen LogP) is 1.81. The van der Waals surface area contributed by atoms with Crippen molar-refractivity contribution >= 4 is 17.8 Å². The summed E-state index contributed by atoms with van der Waals surface area (Å²) >= 11 is 0. The van der Waals surface area contributed by atoms with E-state index >= 15 is 0 Å². The molecule has 0 bridgehead atoms. The Morgan fingerprint density at radius 3 is 2.30 bits per heavy atom. The lowest BCUT2D eigenvalue weighted by atomic mass is 9.85. The second-order valence-electron chi connectivity index (χ2n) is 8.57. The molecule has 1 spiro atoms. The lowest BCUT2D eigenvalue weighted by Crippen LogP contribution is -2.49. The summed E-state index contributed by atoms with van der Waals surface area (Å²) in [4.78, 5) is 43.9. The standard InChI is InChI=1S/C22H32N4O4/c1-5-24-13-22(12-19(24)27)14-25(10-11-26(15-22)21(29)23-16(2)3)20(28)17-6-8-18(30-4)9-7-17/h6-9,16H,5,10-15H2,1-4H3,(H,23,29)/t22-/m0/s1. The molecular weight excluding hydrogens is 384 g/mol. The van der Waals surface area contributed by atoms with Crippen molar-refractivity contribution in [2.24, 2.45) is 5.41 Å². The van der Waals surface area contributed by atoms with Crippen LogP contribution in [0.15, 0.2) is 24.3 Å². The van der Waals surface area contributed by atoms with Crippen molar-refractivity contribution in [3.8, 4) is 5.75 Å². The van der Waals surface area contributed by atoms with E-state index in [-0.39, 0.29) is 23.9 Å². The maximum absolute atomic E-state index is 13.2. The number of likely N-dealkylation sites (tertiary alicyclic amines) is 1. The van der Waals surface area contributed by atoms with Crippen LogP contribution in [0.5, 0.6) is 5.75 Å². The zero-order valence-corrected chi connectivity index (χ0v) is 18.3. The highest BCUT2D eigenvalue weighted by atomic mass is 16.5. The molecule has 0 unspecified atom stereocenters. The molecule has 2 fully saturated rings. The molecule has 2 saturated heterocycles. The molecule has 1 aromatic rings. The fourth-order valence-electron chi connectivity index (χ4n) is 4.34. The van der Waals surface area contributed by atoms with E-state index in [0.717, 1.165) is 0 Å². The van der Waals surface area contributed by atoms with Gasteiger partial charge in [0.25, 0.3) is 5.91 Å². The Hall–Kier alpha value is -2.77. The molecule has 0 saturated carbocycles. The minimum absolute atomic E-state index is 0.0195. The molecule has 1 atom stereocenters. The molecule has 8 heteroatoms. The Balaban J connectivity index is 1.85. The molecule has 4 amide bonds. The molecule has 0 aliphatic carbocycles. The highest BCUT2D eigenvalue weighted by Crippen LogP contribution is 2.35. The van der Waals surface area contributed by atoms with Crippen molar-refractivity contribution in [1.29, 1.82) is 0 Å². The number of carbonyl (C=O) groups excluding carboxylic acids is 3. The zero-order chi connectivity index (χ0) is 21.9. The number of ether oxygens (including phenoxy) is 1. The van der Waals surface area contributed by atoms with Gasteiger partial charge in [0.15, 0.2) is 0 Å². The molecule has 8 nitrogen and oxygen atoms in total. The topological polar surface area (TPSA) is 82.2 Å². The van der Waals surface area contributed by atoms with Crippen molar-refractivity contribution in [1.82, 2.24) is 20.0 Å². The third-order valence-corrected chi connectivity index (χ3v) is 5.80. The monoisotopic (exact) mass is 416 g/mol. The van der Waals surface area contributed by atoms with Crippen molar-refractivity contribution in [3.63, 3.8) is 0 Å². The Labute approximate surface area is 178 Å². The van der Waals surface area contributed by atoms with Gasteiger partial charge in [-0.05, 0) is 45.0 Å². The SMILES string of the molecule is CCN1C[C@]2(CC1=O)CN(C(=O)NC(C)C)CCN(C(=O)c1ccc(OC)cc1)C2. The van der Waals surface area contributed by atoms with Crippen molar-refractivity contribution in [2.75, 3.05) is 46.4 Å². The number of hydrogen-bond acceptors (Lipinski definition) is 4. The van der Waals surface area contributed by atoms with E-state index in [9.17, 15) is 14.4 Å². The lowest BCUT2D eigenvalue weighted by molar-refractivity contribution is -0.127. The summed E-state index contributed by atoms with van der Waals surface area (Å²) in [7, 11) is 1.59. The van der Waals surface area contributed by atoms with Gasteiger partial charge >= 0.3 is 6.03 Å². The quantitative estimate of drug-likeness (QED) is 0.812. The highest BCUT2D eigenvalue weighted by molar-refractivity contribution is 5.94. The molecule has 1 aromatic carbocycles. The second kappa shape index (κ2) is 8.93. The fourth-order valence-corrected chi connectivity index (χ4v) is 4.34. The smallest absolute Gasteiger partial charge is 0.317 e. The lowest BCUT2D eigenvalue weighted by Gasteiger charge is -2.33. The number of methoxy groups -OCH3 is 1. The molecule has 1 N–H and O–H groups in total. The maximum Gasteiger partial charge on any atom is 0.317 e. The molecular formula is C22H32N4O4. The summed E-state index contributed by atoms with van der Waals surface area (Å²) in [6.45, 7) is 8.75. The average molecular weight is 417 g/mol. The number of benzene rings is 1. The number of amides is 4. The first-order chi connectivity index (χ1) is 14.3. The van der Waals surface area contributed by atoms with Crippen molar-refractivity contribution in [3.05, 3.63) is 29.8 Å². The largest absolute Gasteiger partial charge is 0.497 e. The molecule has 0 aromatic heterocycles. The molecule has 2 heterocycles. The van der Waals surface area contributed by atoms with Crippen LogP contribution in [0.25, 0.3) is 0 Å². The van der Waals surface area contributed by atoms with Gasteiger partial charge in [0.1, 0.15) is 5.75 Å². The average Bonchev–Trinajstić information content (AvgIpc) is 2.91. The zero-order valence-electron chi connectivity index (χ0n) is 18.3. The van der Waals surface area contributed by atoms with Gasteiger partial charge in [0.2, 0.25) is 5.91 Å². The van der Waals surface area contributed by atoms with Gasteiger partial charge in [-0.1, -0.05) is 0 Å². The number of nitrogens with one attached hydrogen (secondary N) is 1. The summed E-state index contributed by atoms with van der Waals surface area (Å²) in [6.07, 6.45) is 0.346. The minimum atomic E-state index is -0.458. The third kappa shape index (κ3) is 4.68. The van der Waals surface area contributed by atoms with Crippen LogP contribution >= 0.6 is 0 Å². The molecule has 3 rings (SSSR count). The van der Waals surface area contributed by atoms with Crippen molar-refractivity contribution in [2.45, 2.75) is 33.2 Å². The first-order valence-corrected chi connectivity index (χ1v) is 10.5. The summed E-state index contributed by atoms with van der Waals surface area (Å²) < 4.78 is 5.18. The van der Waals surface area contributed by atoms with E-state index in [1.165, 1.54) is 0 Å². The molecule has 2 aliphatic heterocycles. The first-order valence-electron chi connectivity index (χ1n) is 10.5. The Morgan fingerprint density at radius 2 is 1.73 bits per heavy atom. The van der Waals surface area contributed by atoms with Crippen LogP contribution in [0.4, 0.5) is 4.79 Å². The number of carbonyl (C=O) groups is 3. The van der Waals surface area contributed by atoms with E-state index in [1.807, 2.05) is 25.7 Å². The Bertz CT molecular complexity index is 795. The van der Waals surface area contributed by atoms with Gasteiger partial charge in [-0.15, -0.1) is 0 Å². The van der Waals surface area contributed by atoms with Gasteiger partial charge in [-0.3, -0.25) is 9.59 Å². The van der Waals surface area contributed by atoms with Gasteiger partial charge in [-0.2, -0.15) is 0 Å². The van der Waals surface area contributed by atoms with Gasteiger partial charge in [-0.25, -0.2) is 4.79 Å². The summed E-state index contributed by atoms with van der Waals surface area (Å²) in [6, 6.07) is 6.90. The number of nitrogens with zero attached hydrogens (tertiary/aromatic N) is 3. The molecule has 30 heavy (non-hydrogen) atoms. The van der Waals surface area contributed by atoms with Crippen LogP contribution in [0.1, 0.15) is 37.6 Å². The van der Waals surface area contributed by atoms with Crippen LogP contribution in [-0.2, 0) is 4.79 Å². The summed E-state index contributed by atoms with van der Waals surface area (Å²) in [5, 5.41) is 2.94. The molecule has 2 aliphatic rings. The van der Waals surface area contributed by atoms with E-state index < -0.39 is 5.41 Å². The highest BCUT2D eigenvalue weighted by Gasteiger charge is 2.47.